The average molecular weight is 262 g/mol. The molecule has 0 aromatic carbocycles. The first kappa shape index (κ1) is 13.8. The van der Waals surface area contributed by atoms with E-state index in [0.717, 1.165) is 18.0 Å². The molecule has 3 atom stereocenters. The smallest absolute Gasteiger partial charge is 0.335 e. The lowest BCUT2D eigenvalue weighted by Crippen LogP contribution is -2.25. The normalized spacial score (nSPS) is 26.4. The number of aromatic carboxylic acids is 1. The Morgan fingerprint density at radius 1 is 1.47 bits per heavy atom. The lowest BCUT2D eigenvalue weighted by molar-refractivity contribution is 0.0696. The zero-order valence-electron chi connectivity index (χ0n) is 11.8. The third-order valence-electron chi connectivity index (χ3n) is 4.28. The molecule has 2 rings (SSSR count). The van der Waals surface area contributed by atoms with Crippen LogP contribution in [0, 0.1) is 18.8 Å². The van der Waals surface area contributed by atoms with E-state index in [0.29, 0.717) is 23.3 Å². The number of aromatic nitrogens is 1. The third kappa shape index (κ3) is 3.06. The summed E-state index contributed by atoms with van der Waals surface area (Å²) in [6.45, 7) is 6.33. The highest BCUT2D eigenvalue weighted by atomic mass is 16.4. The van der Waals surface area contributed by atoms with Gasteiger partial charge in [-0.1, -0.05) is 20.3 Å². The SMILES string of the molecule is CCC1CCC(Nc2cc(C(=O)O)cc(C)n2)C1C. The molecule has 19 heavy (non-hydrogen) atoms. The first-order valence-corrected chi connectivity index (χ1v) is 6.99. The van der Waals surface area contributed by atoms with Crippen LogP contribution in [0.3, 0.4) is 0 Å². The Hall–Kier alpha value is -1.58. The summed E-state index contributed by atoms with van der Waals surface area (Å²) in [7, 11) is 0. The summed E-state index contributed by atoms with van der Waals surface area (Å²) < 4.78 is 0. The maximum Gasteiger partial charge on any atom is 0.335 e. The van der Waals surface area contributed by atoms with Gasteiger partial charge in [0.25, 0.3) is 0 Å². The number of carbonyl (C=O) groups is 1. The van der Waals surface area contributed by atoms with Crippen molar-refractivity contribution < 1.29 is 9.90 Å². The van der Waals surface area contributed by atoms with Crippen molar-refractivity contribution in [1.29, 1.82) is 0 Å². The molecule has 0 saturated heterocycles. The van der Waals surface area contributed by atoms with Crippen LogP contribution < -0.4 is 5.32 Å². The van der Waals surface area contributed by atoms with Gasteiger partial charge in [0.15, 0.2) is 0 Å². The minimum Gasteiger partial charge on any atom is -0.478 e. The van der Waals surface area contributed by atoms with Crippen molar-refractivity contribution in [2.45, 2.75) is 46.1 Å². The fourth-order valence-electron chi connectivity index (χ4n) is 3.08. The Labute approximate surface area is 114 Å². The Morgan fingerprint density at radius 3 is 2.79 bits per heavy atom. The largest absolute Gasteiger partial charge is 0.478 e. The lowest BCUT2D eigenvalue weighted by Gasteiger charge is -2.21. The number of aryl methyl sites for hydroxylation is 1. The minimum absolute atomic E-state index is 0.299. The average Bonchev–Trinajstić information content (AvgIpc) is 2.70. The molecule has 1 aliphatic rings. The molecule has 0 aliphatic heterocycles. The van der Waals surface area contributed by atoms with Crippen LogP contribution in [0.25, 0.3) is 0 Å². The standard InChI is InChI=1S/C15H22N2O2/c1-4-11-5-6-13(10(11)3)17-14-8-12(15(18)19)7-9(2)16-14/h7-8,10-11,13H,4-6H2,1-3H3,(H,16,17)(H,18,19). The lowest BCUT2D eigenvalue weighted by atomic mass is 9.93. The van der Waals surface area contributed by atoms with Crippen molar-refractivity contribution in [2.24, 2.45) is 11.8 Å². The highest BCUT2D eigenvalue weighted by Gasteiger charge is 2.31. The quantitative estimate of drug-likeness (QED) is 0.873. The zero-order chi connectivity index (χ0) is 14.0. The number of nitrogens with zero attached hydrogens (tertiary/aromatic N) is 1. The monoisotopic (exact) mass is 262 g/mol. The molecule has 1 aliphatic carbocycles. The number of anilines is 1. The van der Waals surface area contributed by atoms with Crippen LogP contribution in [-0.4, -0.2) is 22.1 Å². The highest BCUT2D eigenvalue weighted by Crippen LogP contribution is 2.35. The first-order chi connectivity index (χ1) is 9.01. The number of hydrogen-bond acceptors (Lipinski definition) is 3. The van der Waals surface area contributed by atoms with Gasteiger partial charge in [-0.05, 0) is 43.7 Å². The van der Waals surface area contributed by atoms with Crippen LogP contribution in [0.2, 0.25) is 0 Å². The Bertz CT molecular complexity index is 473. The summed E-state index contributed by atoms with van der Waals surface area (Å²) in [5, 5.41) is 12.5. The summed E-state index contributed by atoms with van der Waals surface area (Å²) in [6.07, 6.45) is 3.59. The molecule has 1 aromatic rings. The van der Waals surface area contributed by atoms with E-state index in [2.05, 4.69) is 24.1 Å². The molecule has 1 saturated carbocycles. The third-order valence-corrected chi connectivity index (χ3v) is 4.28. The van der Waals surface area contributed by atoms with Crippen molar-refractivity contribution in [3.63, 3.8) is 0 Å². The summed E-state index contributed by atoms with van der Waals surface area (Å²) in [4.78, 5) is 15.4. The fourth-order valence-corrected chi connectivity index (χ4v) is 3.08. The predicted molar refractivity (Wildman–Crippen MR) is 75.5 cm³/mol. The molecule has 0 bridgehead atoms. The molecule has 1 fully saturated rings. The van der Waals surface area contributed by atoms with E-state index in [-0.39, 0.29) is 0 Å². The molecule has 4 heteroatoms. The topological polar surface area (TPSA) is 62.2 Å². The van der Waals surface area contributed by atoms with Crippen LogP contribution >= 0.6 is 0 Å². The van der Waals surface area contributed by atoms with E-state index in [1.807, 2.05) is 6.92 Å². The number of carboxylic acid groups (broad SMARTS) is 1. The number of rotatable bonds is 4. The molecule has 1 heterocycles. The van der Waals surface area contributed by atoms with Gasteiger partial charge >= 0.3 is 5.97 Å². The highest BCUT2D eigenvalue weighted by molar-refractivity contribution is 5.88. The molecule has 0 amide bonds. The molecular weight excluding hydrogens is 240 g/mol. The van der Waals surface area contributed by atoms with Gasteiger partial charge in [-0.25, -0.2) is 9.78 Å². The summed E-state index contributed by atoms with van der Waals surface area (Å²) >= 11 is 0. The Kier molecular flexibility index (Phi) is 4.08. The van der Waals surface area contributed by atoms with Gasteiger partial charge in [0, 0.05) is 11.7 Å². The molecular formula is C15H22N2O2. The van der Waals surface area contributed by atoms with Crippen molar-refractivity contribution in [2.75, 3.05) is 5.32 Å². The van der Waals surface area contributed by atoms with Gasteiger partial charge < -0.3 is 10.4 Å². The van der Waals surface area contributed by atoms with Crippen molar-refractivity contribution in [3.8, 4) is 0 Å². The molecule has 3 unspecified atom stereocenters. The molecule has 0 spiro atoms. The zero-order valence-corrected chi connectivity index (χ0v) is 11.8. The van der Waals surface area contributed by atoms with Gasteiger partial charge in [0.05, 0.1) is 5.56 Å². The van der Waals surface area contributed by atoms with Gasteiger partial charge in [-0.2, -0.15) is 0 Å². The summed E-state index contributed by atoms with van der Waals surface area (Å²) in [5.74, 6) is 1.16. The predicted octanol–water partition coefficient (Wildman–Crippen LogP) is 3.32. The second-order valence-electron chi connectivity index (χ2n) is 5.54. The second kappa shape index (κ2) is 5.59. The van der Waals surface area contributed by atoms with Gasteiger partial charge in [0.1, 0.15) is 5.82 Å². The van der Waals surface area contributed by atoms with Crippen molar-refractivity contribution in [1.82, 2.24) is 4.98 Å². The number of carboxylic acids is 1. The molecule has 104 valence electrons. The molecule has 4 nitrogen and oxygen atoms in total. The van der Waals surface area contributed by atoms with Crippen LogP contribution in [-0.2, 0) is 0 Å². The maximum atomic E-state index is 11.0. The molecule has 2 N–H and O–H groups in total. The molecule has 0 radical (unpaired) electrons. The molecule has 1 aromatic heterocycles. The van der Waals surface area contributed by atoms with Crippen LogP contribution in [0.4, 0.5) is 5.82 Å². The van der Waals surface area contributed by atoms with Gasteiger partial charge in [-0.15, -0.1) is 0 Å². The Balaban J connectivity index is 2.13. The number of hydrogen-bond donors (Lipinski definition) is 2. The van der Waals surface area contributed by atoms with E-state index >= 15 is 0 Å². The van der Waals surface area contributed by atoms with Crippen molar-refractivity contribution in [3.05, 3.63) is 23.4 Å². The Morgan fingerprint density at radius 2 is 2.21 bits per heavy atom. The van der Waals surface area contributed by atoms with E-state index in [9.17, 15) is 4.79 Å². The van der Waals surface area contributed by atoms with Gasteiger partial charge in [0.2, 0.25) is 0 Å². The second-order valence-corrected chi connectivity index (χ2v) is 5.54. The van der Waals surface area contributed by atoms with E-state index in [1.165, 1.54) is 12.8 Å². The maximum absolute atomic E-state index is 11.0. The summed E-state index contributed by atoms with van der Waals surface area (Å²) in [6, 6.07) is 3.63. The minimum atomic E-state index is -0.903. The van der Waals surface area contributed by atoms with E-state index < -0.39 is 5.97 Å². The van der Waals surface area contributed by atoms with Gasteiger partial charge in [-0.3, -0.25) is 0 Å². The van der Waals surface area contributed by atoms with Crippen molar-refractivity contribution >= 4 is 11.8 Å². The van der Waals surface area contributed by atoms with Crippen LogP contribution in [0.15, 0.2) is 12.1 Å². The number of pyridine rings is 1. The first-order valence-electron chi connectivity index (χ1n) is 6.99. The van der Waals surface area contributed by atoms with E-state index in [4.69, 9.17) is 5.11 Å². The van der Waals surface area contributed by atoms with E-state index in [1.54, 1.807) is 12.1 Å². The fraction of sp³-hybridized carbons (Fsp3) is 0.600. The van der Waals surface area contributed by atoms with Crippen LogP contribution in [0.5, 0.6) is 0 Å². The van der Waals surface area contributed by atoms with Crippen LogP contribution in [0.1, 0.15) is 49.2 Å². The number of nitrogens with one attached hydrogen (secondary N) is 1. The summed E-state index contributed by atoms with van der Waals surface area (Å²) in [5.41, 5.74) is 1.03.